The van der Waals surface area contributed by atoms with Crippen LogP contribution in [-0.2, 0) is 9.47 Å². The number of hydrogen-bond acceptors (Lipinski definition) is 8. The molecule has 0 spiro atoms. The fourth-order valence-electron chi connectivity index (χ4n) is 2.52. The molecule has 0 unspecified atom stereocenters. The number of ether oxygens (including phenoxy) is 2. The van der Waals surface area contributed by atoms with Gasteiger partial charge in [-0.25, -0.2) is 15.0 Å². The molecule has 0 bridgehead atoms. The minimum Gasteiger partial charge on any atom is -0.394 e. The molecule has 0 aromatic carbocycles. The first kappa shape index (κ1) is 14.1. The van der Waals surface area contributed by atoms with Crippen molar-refractivity contribution in [2.24, 2.45) is 0 Å². The first-order valence-electron chi connectivity index (χ1n) is 6.66. The van der Waals surface area contributed by atoms with Crippen molar-refractivity contribution in [3.8, 4) is 0 Å². The number of hydrogen-bond donors (Lipinski definition) is 3. The van der Waals surface area contributed by atoms with Crippen LogP contribution in [0, 0.1) is 0 Å². The second-order valence-corrected chi connectivity index (χ2v) is 4.74. The summed E-state index contributed by atoms with van der Waals surface area (Å²) in [5.41, 5.74) is 6.70. The number of rotatable bonds is 4. The van der Waals surface area contributed by atoms with Gasteiger partial charge in [-0.1, -0.05) is 0 Å². The average molecular weight is 295 g/mol. The monoisotopic (exact) mass is 295 g/mol. The first-order valence-corrected chi connectivity index (χ1v) is 6.66. The Morgan fingerprint density at radius 2 is 2.24 bits per heavy atom. The Hall–Kier alpha value is -1.81. The molecule has 4 atom stereocenters. The van der Waals surface area contributed by atoms with Crippen molar-refractivity contribution in [2.45, 2.75) is 31.5 Å². The molecule has 1 aliphatic heterocycles. The van der Waals surface area contributed by atoms with E-state index in [4.69, 9.17) is 15.2 Å². The lowest BCUT2D eigenvalue weighted by atomic mass is 10.1. The maximum Gasteiger partial charge on any atom is 0.167 e. The fourth-order valence-corrected chi connectivity index (χ4v) is 2.52. The van der Waals surface area contributed by atoms with Crippen LogP contribution in [-0.4, -0.2) is 61.3 Å². The minimum atomic E-state index is -0.934. The molecule has 1 aliphatic rings. The second kappa shape index (κ2) is 5.53. The lowest BCUT2D eigenvalue weighted by molar-refractivity contribution is -0.0676. The van der Waals surface area contributed by atoms with E-state index in [1.807, 2.05) is 6.92 Å². The highest BCUT2D eigenvalue weighted by Gasteiger charge is 2.45. The van der Waals surface area contributed by atoms with E-state index in [9.17, 15) is 10.2 Å². The third-order valence-corrected chi connectivity index (χ3v) is 3.51. The van der Waals surface area contributed by atoms with E-state index in [1.54, 1.807) is 4.57 Å². The highest BCUT2D eigenvalue weighted by molar-refractivity contribution is 5.81. The standard InChI is InChI=1S/C12H17N5O4/c1-2-20-9-8(19)6(3-18)21-12(9)17-5-16-7-10(13)14-4-15-11(7)17/h4-6,8-9,12,18-19H,2-3H2,1H3,(H2,13,14,15)/t6-,8-,9-,12-/m1/s1. The smallest absolute Gasteiger partial charge is 0.167 e. The van der Waals surface area contributed by atoms with Gasteiger partial charge >= 0.3 is 0 Å². The third kappa shape index (κ3) is 2.23. The molecule has 9 heteroatoms. The molecular formula is C12H17N5O4. The fraction of sp³-hybridized carbons (Fsp3) is 0.583. The van der Waals surface area contributed by atoms with Gasteiger partial charge in [0.1, 0.15) is 30.2 Å². The van der Waals surface area contributed by atoms with Gasteiger partial charge in [-0.2, -0.15) is 0 Å². The van der Waals surface area contributed by atoms with E-state index >= 15 is 0 Å². The number of aliphatic hydroxyl groups excluding tert-OH is 2. The van der Waals surface area contributed by atoms with E-state index in [0.29, 0.717) is 17.8 Å². The number of aliphatic hydroxyl groups is 2. The summed E-state index contributed by atoms with van der Waals surface area (Å²) in [6.45, 7) is 1.93. The van der Waals surface area contributed by atoms with Gasteiger partial charge in [0.15, 0.2) is 17.7 Å². The van der Waals surface area contributed by atoms with Crippen LogP contribution < -0.4 is 5.73 Å². The van der Waals surface area contributed by atoms with E-state index < -0.39 is 24.5 Å². The van der Waals surface area contributed by atoms with Crippen molar-refractivity contribution in [2.75, 3.05) is 18.9 Å². The Morgan fingerprint density at radius 3 is 2.95 bits per heavy atom. The zero-order valence-corrected chi connectivity index (χ0v) is 11.5. The molecule has 4 N–H and O–H groups in total. The summed E-state index contributed by atoms with van der Waals surface area (Å²) in [5, 5.41) is 19.5. The molecule has 0 amide bonds. The zero-order valence-electron chi connectivity index (χ0n) is 11.5. The third-order valence-electron chi connectivity index (χ3n) is 3.51. The van der Waals surface area contributed by atoms with Crippen LogP contribution in [0.4, 0.5) is 5.82 Å². The molecule has 3 rings (SSSR count). The molecule has 114 valence electrons. The van der Waals surface area contributed by atoms with Crippen molar-refractivity contribution < 1.29 is 19.7 Å². The normalized spacial score (nSPS) is 29.3. The quantitative estimate of drug-likeness (QED) is 0.659. The van der Waals surface area contributed by atoms with Gasteiger partial charge in [0.05, 0.1) is 12.9 Å². The van der Waals surface area contributed by atoms with Gasteiger partial charge in [-0.05, 0) is 6.92 Å². The van der Waals surface area contributed by atoms with Crippen molar-refractivity contribution in [1.29, 1.82) is 0 Å². The Bertz CT molecular complexity index is 633. The van der Waals surface area contributed by atoms with Crippen LogP contribution in [0.1, 0.15) is 13.2 Å². The molecule has 3 heterocycles. The number of nitrogens with two attached hydrogens (primary N) is 1. The molecule has 2 aromatic heterocycles. The maximum atomic E-state index is 10.2. The summed E-state index contributed by atoms with van der Waals surface area (Å²) in [6, 6.07) is 0. The molecule has 2 aromatic rings. The van der Waals surface area contributed by atoms with Gasteiger partial charge in [-0.15, -0.1) is 0 Å². The van der Waals surface area contributed by atoms with Crippen molar-refractivity contribution in [3.63, 3.8) is 0 Å². The van der Waals surface area contributed by atoms with Crippen LogP contribution in [0.3, 0.4) is 0 Å². The molecule has 1 saturated heterocycles. The number of fused-ring (bicyclic) bond motifs is 1. The van der Waals surface area contributed by atoms with Gasteiger partial charge in [0.25, 0.3) is 0 Å². The van der Waals surface area contributed by atoms with E-state index in [-0.39, 0.29) is 12.4 Å². The summed E-state index contributed by atoms with van der Waals surface area (Å²) in [7, 11) is 0. The van der Waals surface area contributed by atoms with E-state index in [2.05, 4.69) is 15.0 Å². The van der Waals surface area contributed by atoms with Crippen molar-refractivity contribution >= 4 is 17.0 Å². The largest absolute Gasteiger partial charge is 0.394 e. The molecule has 0 aliphatic carbocycles. The first-order chi connectivity index (χ1) is 10.2. The summed E-state index contributed by atoms with van der Waals surface area (Å²) in [5.74, 6) is 0.268. The second-order valence-electron chi connectivity index (χ2n) is 4.74. The number of aromatic nitrogens is 4. The molecule has 0 radical (unpaired) electrons. The van der Waals surface area contributed by atoms with E-state index in [1.165, 1.54) is 12.7 Å². The van der Waals surface area contributed by atoms with E-state index in [0.717, 1.165) is 0 Å². The van der Waals surface area contributed by atoms with Gasteiger partial charge in [0, 0.05) is 6.61 Å². The van der Waals surface area contributed by atoms with Crippen molar-refractivity contribution in [3.05, 3.63) is 12.7 Å². The number of nitrogen functional groups attached to an aromatic ring is 1. The Balaban J connectivity index is 2.02. The number of imidazole rings is 1. The summed E-state index contributed by atoms with van der Waals surface area (Å²) in [4.78, 5) is 12.2. The average Bonchev–Trinajstić information content (AvgIpc) is 3.03. The Morgan fingerprint density at radius 1 is 1.43 bits per heavy atom. The SMILES string of the molecule is CCO[C@@H]1[C@H](O)[C@@H](CO)O[C@H]1n1cnc2c(N)ncnc21. The molecule has 9 nitrogen and oxygen atoms in total. The molecule has 0 saturated carbocycles. The van der Waals surface area contributed by atoms with Crippen molar-refractivity contribution in [1.82, 2.24) is 19.5 Å². The highest BCUT2D eigenvalue weighted by atomic mass is 16.6. The van der Waals surface area contributed by atoms with Crippen LogP contribution in [0.25, 0.3) is 11.2 Å². The van der Waals surface area contributed by atoms with Crippen LogP contribution in [0.15, 0.2) is 12.7 Å². The highest BCUT2D eigenvalue weighted by Crippen LogP contribution is 2.33. The lowest BCUT2D eigenvalue weighted by Crippen LogP contribution is -2.35. The van der Waals surface area contributed by atoms with Gasteiger partial charge in [0.2, 0.25) is 0 Å². The summed E-state index contributed by atoms with van der Waals surface area (Å²) < 4.78 is 12.9. The molecule has 1 fully saturated rings. The molecular weight excluding hydrogens is 278 g/mol. The van der Waals surface area contributed by atoms with Crippen LogP contribution in [0.5, 0.6) is 0 Å². The maximum absolute atomic E-state index is 10.2. The number of anilines is 1. The van der Waals surface area contributed by atoms with Gasteiger partial charge in [-0.3, -0.25) is 4.57 Å². The molecule has 21 heavy (non-hydrogen) atoms. The summed E-state index contributed by atoms with van der Waals surface area (Å²) in [6.07, 6.45) is -0.0730. The van der Waals surface area contributed by atoms with Crippen LogP contribution >= 0.6 is 0 Å². The van der Waals surface area contributed by atoms with Gasteiger partial charge < -0.3 is 25.4 Å². The number of nitrogens with zero attached hydrogens (tertiary/aromatic N) is 4. The van der Waals surface area contributed by atoms with Crippen LogP contribution in [0.2, 0.25) is 0 Å². The Kier molecular flexibility index (Phi) is 3.72. The lowest BCUT2D eigenvalue weighted by Gasteiger charge is -2.21. The predicted octanol–water partition coefficient (Wildman–Crippen LogP) is -0.936. The topological polar surface area (TPSA) is 129 Å². The summed E-state index contributed by atoms with van der Waals surface area (Å²) >= 11 is 0. The minimum absolute atomic E-state index is 0.268. The predicted molar refractivity (Wildman–Crippen MR) is 72.2 cm³/mol. The Labute approximate surface area is 120 Å². The zero-order chi connectivity index (χ0) is 15.0.